The molecular weight excluding hydrogens is 324 g/mol. The van der Waals surface area contributed by atoms with E-state index in [4.69, 9.17) is 11.6 Å². The van der Waals surface area contributed by atoms with Gasteiger partial charge < -0.3 is 10.6 Å². The van der Waals surface area contributed by atoms with E-state index >= 15 is 0 Å². The third-order valence-corrected chi connectivity index (χ3v) is 3.54. The van der Waals surface area contributed by atoms with Gasteiger partial charge in [-0.05, 0) is 37.3 Å². The Labute approximate surface area is 144 Å². The van der Waals surface area contributed by atoms with E-state index in [0.29, 0.717) is 16.5 Å². The first-order valence-electron chi connectivity index (χ1n) is 7.33. The summed E-state index contributed by atoms with van der Waals surface area (Å²) in [5, 5.41) is 6.46. The van der Waals surface area contributed by atoms with Crippen LogP contribution in [0.25, 0.3) is 0 Å². The largest absolute Gasteiger partial charge is 0.340 e. The van der Waals surface area contributed by atoms with Gasteiger partial charge in [0.2, 0.25) is 0 Å². The highest BCUT2D eigenvalue weighted by Crippen LogP contribution is 2.17. The van der Waals surface area contributed by atoms with Crippen LogP contribution in [0.15, 0.2) is 60.9 Å². The standard InChI is InChI=1S/C18H15ClN4O/c1-12-5-7-14(8-6-12)22-17-10-16(20-11-21-17)18(24)23-15-4-2-3-13(19)9-15/h2-11H,1H3,(H,23,24)(H,20,21,22). The highest BCUT2D eigenvalue weighted by Gasteiger charge is 2.09. The van der Waals surface area contributed by atoms with Crippen molar-refractivity contribution in [2.24, 2.45) is 0 Å². The van der Waals surface area contributed by atoms with E-state index in [0.717, 1.165) is 5.69 Å². The topological polar surface area (TPSA) is 66.9 Å². The van der Waals surface area contributed by atoms with Gasteiger partial charge in [0, 0.05) is 22.5 Å². The maximum absolute atomic E-state index is 12.3. The van der Waals surface area contributed by atoms with Gasteiger partial charge in [-0.2, -0.15) is 0 Å². The van der Waals surface area contributed by atoms with Crippen LogP contribution < -0.4 is 10.6 Å². The second kappa shape index (κ2) is 7.10. The third kappa shape index (κ3) is 4.08. The van der Waals surface area contributed by atoms with Crippen LogP contribution in [-0.4, -0.2) is 15.9 Å². The van der Waals surface area contributed by atoms with Gasteiger partial charge in [0.15, 0.2) is 0 Å². The maximum Gasteiger partial charge on any atom is 0.274 e. The number of aryl methyl sites for hydroxylation is 1. The van der Waals surface area contributed by atoms with Crippen LogP contribution in [0.4, 0.5) is 17.2 Å². The van der Waals surface area contributed by atoms with Crippen molar-refractivity contribution in [3.05, 3.63) is 77.2 Å². The molecule has 0 unspecified atom stereocenters. The SMILES string of the molecule is Cc1ccc(Nc2cc(C(=O)Nc3cccc(Cl)c3)ncn2)cc1. The van der Waals surface area contributed by atoms with Crippen molar-refractivity contribution in [2.45, 2.75) is 6.92 Å². The fourth-order valence-corrected chi connectivity index (χ4v) is 2.29. The zero-order valence-electron chi connectivity index (χ0n) is 13.0. The number of amides is 1. The zero-order valence-corrected chi connectivity index (χ0v) is 13.7. The predicted octanol–water partition coefficient (Wildman–Crippen LogP) is 4.43. The number of hydrogen-bond acceptors (Lipinski definition) is 4. The van der Waals surface area contributed by atoms with Crippen LogP contribution in [-0.2, 0) is 0 Å². The van der Waals surface area contributed by atoms with Gasteiger partial charge in [0.1, 0.15) is 17.8 Å². The molecule has 2 aromatic carbocycles. The van der Waals surface area contributed by atoms with E-state index in [1.807, 2.05) is 31.2 Å². The van der Waals surface area contributed by atoms with Crippen molar-refractivity contribution in [3.63, 3.8) is 0 Å². The Hall–Kier alpha value is -2.92. The molecule has 0 bridgehead atoms. The van der Waals surface area contributed by atoms with Crippen molar-refractivity contribution in [1.29, 1.82) is 0 Å². The lowest BCUT2D eigenvalue weighted by atomic mass is 10.2. The molecule has 0 saturated heterocycles. The first-order valence-corrected chi connectivity index (χ1v) is 7.70. The van der Waals surface area contributed by atoms with Crippen molar-refractivity contribution in [2.75, 3.05) is 10.6 Å². The molecule has 5 nitrogen and oxygen atoms in total. The van der Waals surface area contributed by atoms with Crippen molar-refractivity contribution in [3.8, 4) is 0 Å². The van der Waals surface area contributed by atoms with Crippen LogP contribution >= 0.6 is 11.6 Å². The normalized spacial score (nSPS) is 10.2. The molecule has 1 heterocycles. The molecule has 0 aliphatic rings. The van der Waals surface area contributed by atoms with Gasteiger partial charge in [-0.3, -0.25) is 4.79 Å². The molecule has 0 fully saturated rings. The number of carbonyl (C=O) groups excluding carboxylic acids is 1. The van der Waals surface area contributed by atoms with E-state index in [9.17, 15) is 4.79 Å². The summed E-state index contributed by atoms with van der Waals surface area (Å²) in [6.45, 7) is 2.02. The van der Waals surface area contributed by atoms with Gasteiger partial charge in [0.25, 0.3) is 5.91 Å². The lowest BCUT2D eigenvalue weighted by Crippen LogP contribution is -2.14. The number of hydrogen-bond donors (Lipinski definition) is 2. The summed E-state index contributed by atoms with van der Waals surface area (Å²) in [6.07, 6.45) is 1.35. The molecule has 0 aliphatic carbocycles. The highest BCUT2D eigenvalue weighted by molar-refractivity contribution is 6.30. The van der Waals surface area contributed by atoms with Crippen LogP contribution in [0.2, 0.25) is 5.02 Å². The Bertz CT molecular complexity index is 865. The average molecular weight is 339 g/mol. The molecule has 2 N–H and O–H groups in total. The lowest BCUT2D eigenvalue weighted by molar-refractivity contribution is 0.102. The lowest BCUT2D eigenvalue weighted by Gasteiger charge is -2.08. The highest BCUT2D eigenvalue weighted by atomic mass is 35.5. The minimum atomic E-state index is -0.327. The Morgan fingerprint density at radius 1 is 1.00 bits per heavy atom. The van der Waals surface area contributed by atoms with Crippen LogP contribution in [0, 0.1) is 6.92 Å². The summed E-state index contributed by atoms with van der Waals surface area (Å²) in [4.78, 5) is 20.5. The molecule has 6 heteroatoms. The van der Waals surface area contributed by atoms with Gasteiger partial charge in [-0.15, -0.1) is 0 Å². The summed E-state index contributed by atoms with van der Waals surface area (Å²) in [6, 6.07) is 16.4. The summed E-state index contributed by atoms with van der Waals surface area (Å²) in [7, 11) is 0. The quantitative estimate of drug-likeness (QED) is 0.738. The molecule has 24 heavy (non-hydrogen) atoms. The Kier molecular flexibility index (Phi) is 4.72. The molecule has 0 radical (unpaired) electrons. The summed E-state index contributed by atoms with van der Waals surface area (Å²) < 4.78 is 0. The van der Waals surface area contributed by atoms with Crippen molar-refractivity contribution < 1.29 is 4.79 Å². The fraction of sp³-hybridized carbons (Fsp3) is 0.0556. The third-order valence-electron chi connectivity index (χ3n) is 3.31. The Balaban J connectivity index is 1.74. The first-order chi connectivity index (χ1) is 11.6. The van der Waals surface area contributed by atoms with Crippen molar-refractivity contribution >= 4 is 34.7 Å². The smallest absolute Gasteiger partial charge is 0.274 e. The summed E-state index contributed by atoms with van der Waals surface area (Å²) >= 11 is 5.91. The van der Waals surface area contributed by atoms with Crippen molar-refractivity contribution in [1.82, 2.24) is 9.97 Å². The second-order valence-electron chi connectivity index (χ2n) is 5.24. The van der Waals surface area contributed by atoms with E-state index in [1.165, 1.54) is 11.9 Å². The molecule has 0 saturated carbocycles. The number of anilines is 3. The molecule has 3 rings (SSSR count). The van der Waals surface area contributed by atoms with Crippen LogP contribution in [0.1, 0.15) is 16.1 Å². The first kappa shape index (κ1) is 16.0. The van der Waals surface area contributed by atoms with E-state index in [2.05, 4.69) is 20.6 Å². The van der Waals surface area contributed by atoms with Gasteiger partial charge in [-0.1, -0.05) is 35.4 Å². The summed E-state index contributed by atoms with van der Waals surface area (Å²) in [5.74, 6) is 0.219. The number of nitrogens with one attached hydrogen (secondary N) is 2. The number of aromatic nitrogens is 2. The number of carbonyl (C=O) groups is 1. The maximum atomic E-state index is 12.3. The van der Waals surface area contributed by atoms with Gasteiger partial charge >= 0.3 is 0 Å². The van der Waals surface area contributed by atoms with Crippen LogP contribution in [0.5, 0.6) is 0 Å². The molecule has 3 aromatic rings. The molecule has 1 amide bonds. The monoisotopic (exact) mass is 338 g/mol. The molecule has 120 valence electrons. The molecule has 1 aromatic heterocycles. The summed E-state index contributed by atoms with van der Waals surface area (Å²) in [5.41, 5.74) is 2.93. The number of benzene rings is 2. The minimum Gasteiger partial charge on any atom is -0.340 e. The van der Waals surface area contributed by atoms with E-state index in [-0.39, 0.29) is 11.6 Å². The Morgan fingerprint density at radius 3 is 2.54 bits per heavy atom. The zero-order chi connectivity index (χ0) is 16.9. The molecule has 0 atom stereocenters. The van der Waals surface area contributed by atoms with E-state index in [1.54, 1.807) is 30.3 Å². The molecule has 0 spiro atoms. The number of nitrogens with zero attached hydrogens (tertiary/aromatic N) is 2. The van der Waals surface area contributed by atoms with Crippen LogP contribution in [0.3, 0.4) is 0 Å². The number of halogens is 1. The molecule has 0 aliphatic heterocycles. The Morgan fingerprint density at radius 2 is 1.79 bits per heavy atom. The van der Waals surface area contributed by atoms with Gasteiger partial charge in [0.05, 0.1) is 0 Å². The second-order valence-corrected chi connectivity index (χ2v) is 5.68. The number of rotatable bonds is 4. The fourth-order valence-electron chi connectivity index (χ4n) is 2.10. The van der Waals surface area contributed by atoms with Gasteiger partial charge in [-0.25, -0.2) is 9.97 Å². The van der Waals surface area contributed by atoms with E-state index < -0.39 is 0 Å². The predicted molar refractivity (Wildman–Crippen MR) is 95.9 cm³/mol. The average Bonchev–Trinajstić information content (AvgIpc) is 2.57. The minimum absolute atomic E-state index is 0.264. The molecular formula is C18H15ClN4O.